The van der Waals surface area contributed by atoms with Crippen molar-refractivity contribution in [2.45, 2.75) is 31.7 Å². The van der Waals surface area contributed by atoms with Crippen molar-refractivity contribution in [1.29, 1.82) is 0 Å². The topological polar surface area (TPSA) is 20.3 Å². The van der Waals surface area contributed by atoms with Crippen molar-refractivity contribution in [2.75, 3.05) is 13.1 Å². The summed E-state index contributed by atoms with van der Waals surface area (Å²) in [7, 11) is 0. The number of Topliss-reactive ketones (excluding diaryl/α,β-unsaturated/α-hetero) is 1. The molecule has 18 heavy (non-hydrogen) atoms. The second-order valence-corrected chi connectivity index (χ2v) is 6.45. The number of ketones is 1. The van der Waals surface area contributed by atoms with Crippen LogP contribution in [0.1, 0.15) is 36.0 Å². The molecule has 2 fully saturated rings. The Bertz CT molecular complexity index is 434. The van der Waals surface area contributed by atoms with Gasteiger partial charge in [0.2, 0.25) is 0 Å². The van der Waals surface area contributed by atoms with E-state index in [1.54, 1.807) is 0 Å². The second-order valence-electron chi connectivity index (χ2n) is 5.53. The van der Waals surface area contributed by atoms with Crippen molar-refractivity contribution in [3.63, 3.8) is 0 Å². The fraction of sp³-hybridized carbons (Fsp3) is 0.533. The summed E-state index contributed by atoms with van der Waals surface area (Å²) in [6, 6.07) is 8.39. The Balaban J connectivity index is 1.62. The van der Waals surface area contributed by atoms with E-state index in [0.29, 0.717) is 12.6 Å². The normalized spacial score (nSPS) is 19.2. The Labute approximate surface area is 116 Å². The Morgan fingerprint density at radius 1 is 1.17 bits per heavy atom. The van der Waals surface area contributed by atoms with Gasteiger partial charge in [-0.25, -0.2) is 0 Å². The summed E-state index contributed by atoms with van der Waals surface area (Å²) in [4.78, 5) is 14.6. The fourth-order valence-corrected chi connectivity index (χ4v) is 2.59. The minimum absolute atomic E-state index is 0.259. The Hall–Kier alpha value is -0.670. The maximum atomic E-state index is 12.2. The van der Waals surface area contributed by atoms with Crippen LogP contribution in [0.3, 0.4) is 0 Å². The first-order valence-corrected chi connectivity index (χ1v) is 7.54. The van der Waals surface area contributed by atoms with Gasteiger partial charge < -0.3 is 0 Å². The van der Waals surface area contributed by atoms with Gasteiger partial charge in [-0.2, -0.15) is 0 Å². The van der Waals surface area contributed by atoms with E-state index in [1.165, 1.54) is 25.7 Å². The van der Waals surface area contributed by atoms with E-state index in [1.807, 2.05) is 24.3 Å². The standard InChI is InChI=1S/C15H18BrNO/c16-13-5-3-12(4-6-13)15(18)10-17(14-7-8-14)9-11-1-2-11/h3-6,11,14H,1-2,7-10H2. The molecule has 0 saturated heterocycles. The van der Waals surface area contributed by atoms with Crippen LogP contribution in [0.25, 0.3) is 0 Å². The van der Waals surface area contributed by atoms with Crippen molar-refractivity contribution in [1.82, 2.24) is 4.90 Å². The fourth-order valence-electron chi connectivity index (χ4n) is 2.33. The average molecular weight is 308 g/mol. The number of nitrogens with zero attached hydrogens (tertiary/aromatic N) is 1. The molecular formula is C15H18BrNO. The molecule has 0 spiro atoms. The second kappa shape index (κ2) is 5.14. The van der Waals surface area contributed by atoms with Gasteiger partial charge >= 0.3 is 0 Å². The van der Waals surface area contributed by atoms with Crippen LogP contribution in [0.5, 0.6) is 0 Å². The zero-order valence-corrected chi connectivity index (χ0v) is 12.0. The van der Waals surface area contributed by atoms with E-state index in [-0.39, 0.29) is 5.78 Å². The number of carbonyl (C=O) groups excluding carboxylic acids is 1. The summed E-state index contributed by atoms with van der Waals surface area (Å²) in [6.45, 7) is 1.73. The van der Waals surface area contributed by atoms with Crippen LogP contribution >= 0.6 is 15.9 Å². The van der Waals surface area contributed by atoms with Gasteiger partial charge in [-0.1, -0.05) is 28.1 Å². The third kappa shape index (κ3) is 3.21. The molecule has 0 N–H and O–H groups in total. The van der Waals surface area contributed by atoms with Crippen LogP contribution < -0.4 is 0 Å². The lowest BCUT2D eigenvalue weighted by atomic mass is 10.1. The predicted octanol–water partition coefficient (Wildman–Crippen LogP) is 3.51. The first kappa shape index (κ1) is 12.4. The lowest BCUT2D eigenvalue weighted by molar-refractivity contribution is 0.0921. The largest absolute Gasteiger partial charge is 0.293 e. The molecule has 0 amide bonds. The smallest absolute Gasteiger partial charge is 0.176 e. The number of halogens is 1. The van der Waals surface area contributed by atoms with Crippen LogP contribution in [0.4, 0.5) is 0 Å². The van der Waals surface area contributed by atoms with E-state index in [9.17, 15) is 4.79 Å². The molecule has 0 aromatic heterocycles. The van der Waals surface area contributed by atoms with E-state index in [2.05, 4.69) is 20.8 Å². The van der Waals surface area contributed by atoms with Crippen LogP contribution in [0.15, 0.2) is 28.7 Å². The molecule has 2 aliphatic carbocycles. The summed E-state index contributed by atoms with van der Waals surface area (Å²) < 4.78 is 1.02. The van der Waals surface area contributed by atoms with E-state index < -0.39 is 0 Å². The number of hydrogen-bond acceptors (Lipinski definition) is 2. The van der Waals surface area contributed by atoms with Gasteiger partial charge in [0, 0.05) is 22.6 Å². The minimum Gasteiger partial charge on any atom is -0.293 e. The summed E-state index contributed by atoms with van der Waals surface area (Å²) in [5.41, 5.74) is 0.833. The maximum absolute atomic E-state index is 12.2. The molecule has 0 radical (unpaired) electrons. The van der Waals surface area contributed by atoms with Crippen LogP contribution in [-0.4, -0.2) is 29.8 Å². The number of benzene rings is 1. The number of rotatable bonds is 6. The highest BCUT2D eigenvalue weighted by atomic mass is 79.9. The summed E-state index contributed by atoms with van der Waals surface area (Å²) in [6.07, 6.45) is 5.27. The van der Waals surface area contributed by atoms with Crippen LogP contribution in [-0.2, 0) is 0 Å². The minimum atomic E-state index is 0.259. The van der Waals surface area contributed by atoms with Crippen molar-refractivity contribution < 1.29 is 4.79 Å². The highest BCUT2D eigenvalue weighted by molar-refractivity contribution is 9.10. The van der Waals surface area contributed by atoms with Crippen molar-refractivity contribution in [3.05, 3.63) is 34.3 Å². The molecular weight excluding hydrogens is 290 g/mol. The quantitative estimate of drug-likeness (QED) is 0.750. The molecule has 0 heterocycles. The number of hydrogen-bond donors (Lipinski definition) is 0. The monoisotopic (exact) mass is 307 g/mol. The first-order chi connectivity index (χ1) is 8.72. The van der Waals surface area contributed by atoms with Crippen molar-refractivity contribution in [3.8, 4) is 0 Å². The van der Waals surface area contributed by atoms with Gasteiger partial charge in [0.1, 0.15) is 0 Å². The Kier molecular flexibility index (Phi) is 3.53. The highest BCUT2D eigenvalue weighted by Crippen LogP contribution is 2.34. The van der Waals surface area contributed by atoms with Gasteiger partial charge in [-0.05, 0) is 43.7 Å². The lowest BCUT2D eigenvalue weighted by Gasteiger charge is -2.20. The van der Waals surface area contributed by atoms with Crippen molar-refractivity contribution >= 4 is 21.7 Å². The van der Waals surface area contributed by atoms with E-state index in [4.69, 9.17) is 0 Å². The van der Waals surface area contributed by atoms with Crippen molar-refractivity contribution in [2.24, 2.45) is 5.92 Å². The maximum Gasteiger partial charge on any atom is 0.176 e. The molecule has 1 aromatic rings. The summed E-state index contributed by atoms with van der Waals surface area (Å²) >= 11 is 3.40. The Morgan fingerprint density at radius 3 is 2.39 bits per heavy atom. The van der Waals surface area contributed by atoms with Gasteiger partial charge in [0.15, 0.2) is 5.78 Å². The lowest BCUT2D eigenvalue weighted by Crippen LogP contribution is -2.33. The third-order valence-corrected chi connectivity index (χ3v) is 4.29. The average Bonchev–Trinajstić information content (AvgIpc) is 3.23. The molecule has 3 heteroatoms. The van der Waals surface area contributed by atoms with Gasteiger partial charge in [-0.3, -0.25) is 9.69 Å². The van der Waals surface area contributed by atoms with E-state index >= 15 is 0 Å². The SMILES string of the molecule is O=C(CN(CC1CC1)C1CC1)c1ccc(Br)cc1. The van der Waals surface area contributed by atoms with Crippen LogP contribution in [0, 0.1) is 5.92 Å². The first-order valence-electron chi connectivity index (χ1n) is 6.75. The zero-order chi connectivity index (χ0) is 12.5. The van der Waals surface area contributed by atoms with Gasteiger partial charge in [0.25, 0.3) is 0 Å². The molecule has 96 valence electrons. The van der Waals surface area contributed by atoms with Crippen LogP contribution in [0.2, 0.25) is 0 Å². The van der Waals surface area contributed by atoms with Gasteiger partial charge in [0.05, 0.1) is 6.54 Å². The van der Waals surface area contributed by atoms with E-state index in [0.717, 1.165) is 22.5 Å². The predicted molar refractivity (Wildman–Crippen MR) is 75.8 cm³/mol. The molecule has 1 aromatic carbocycles. The highest BCUT2D eigenvalue weighted by Gasteiger charge is 2.34. The molecule has 0 bridgehead atoms. The Morgan fingerprint density at radius 2 is 1.83 bits per heavy atom. The molecule has 2 aliphatic rings. The molecule has 0 unspecified atom stereocenters. The third-order valence-electron chi connectivity index (χ3n) is 3.77. The van der Waals surface area contributed by atoms with Gasteiger partial charge in [-0.15, -0.1) is 0 Å². The molecule has 0 aliphatic heterocycles. The zero-order valence-electron chi connectivity index (χ0n) is 10.4. The molecule has 0 atom stereocenters. The molecule has 2 saturated carbocycles. The summed E-state index contributed by atoms with van der Waals surface area (Å²) in [5.74, 6) is 1.12. The molecule has 3 rings (SSSR count). The summed E-state index contributed by atoms with van der Waals surface area (Å²) in [5, 5.41) is 0. The number of carbonyl (C=O) groups is 1. The molecule has 2 nitrogen and oxygen atoms in total.